The minimum Gasteiger partial charge on any atom is -0.507 e. The van der Waals surface area contributed by atoms with E-state index in [-0.39, 0.29) is 34.5 Å². The molecule has 0 amide bonds. The van der Waals surface area contributed by atoms with Gasteiger partial charge in [0.1, 0.15) is 39.7 Å². The molecule has 5 aromatic rings. The summed E-state index contributed by atoms with van der Waals surface area (Å²) in [4.78, 5) is 25.5. The Bertz CT molecular complexity index is 1600. The number of benzene rings is 3. The second-order valence-corrected chi connectivity index (χ2v) is 8.27. The Morgan fingerprint density at radius 1 is 0.833 bits per heavy atom. The second-order valence-electron chi connectivity index (χ2n) is 8.27. The van der Waals surface area contributed by atoms with E-state index in [1.165, 1.54) is 13.2 Å². The van der Waals surface area contributed by atoms with E-state index in [0.29, 0.717) is 17.1 Å². The van der Waals surface area contributed by atoms with E-state index in [4.69, 9.17) is 13.6 Å². The van der Waals surface area contributed by atoms with Gasteiger partial charge in [0.25, 0.3) is 0 Å². The molecule has 7 nitrogen and oxygen atoms in total. The number of hydrogen-bond donors (Lipinski definition) is 2. The van der Waals surface area contributed by atoms with Crippen molar-refractivity contribution in [1.82, 2.24) is 0 Å². The molecule has 0 fully saturated rings. The van der Waals surface area contributed by atoms with Crippen molar-refractivity contribution in [1.29, 1.82) is 0 Å². The summed E-state index contributed by atoms with van der Waals surface area (Å²) in [5.74, 6) is -1.03. The van der Waals surface area contributed by atoms with Gasteiger partial charge in [0.2, 0.25) is 0 Å². The van der Waals surface area contributed by atoms with E-state index >= 15 is 0 Å². The fraction of sp³-hybridized carbons (Fsp3) is 0.103. The van der Waals surface area contributed by atoms with Gasteiger partial charge in [-0.3, -0.25) is 9.59 Å². The molecule has 0 aliphatic rings. The summed E-state index contributed by atoms with van der Waals surface area (Å²) in [6.45, 7) is 0. The number of phenolic OH excluding ortho intramolecular Hbond substituents is 2. The zero-order chi connectivity index (χ0) is 25.2. The maximum atomic E-state index is 13.1. The molecule has 0 bridgehead atoms. The number of aromatic hydroxyl groups is 2. The lowest BCUT2D eigenvalue weighted by atomic mass is 9.90. The molecule has 5 rings (SSSR count). The van der Waals surface area contributed by atoms with E-state index < -0.39 is 23.1 Å². The molecule has 0 unspecified atom stereocenters. The fourth-order valence-electron chi connectivity index (χ4n) is 4.30. The lowest BCUT2D eigenvalue weighted by molar-refractivity contribution is -0.140. The number of carbonyl (C=O) groups excluding carboxylic acids is 1. The van der Waals surface area contributed by atoms with Crippen molar-refractivity contribution in [2.45, 2.75) is 12.3 Å². The highest BCUT2D eigenvalue weighted by Gasteiger charge is 2.30. The summed E-state index contributed by atoms with van der Waals surface area (Å²) in [7, 11) is 1.26. The number of hydrogen-bond acceptors (Lipinski definition) is 7. The monoisotopic (exact) mass is 482 g/mol. The predicted molar refractivity (Wildman–Crippen MR) is 134 cm³/mol. The molecule has 0 aliphatic heterocycles. The van der Waals surface area contributed by atoms with Crippen LogP contribution in [-0.2, 0) is 9.53 Å². The van der Waals surface area contributed by atoms with Crippen LogP contribution in [-0.4, -0.2) is 23.3 Å². The number of fused-ring (bicyclic) bond motifs is 1. The number of furan rings is 1. The Hall–Kier alpha value is -4.78. The van der Waals surface area contributed by atoms with Crippen LogP contribution in [0.3, 0.4) is 0 Å². The van der Waals surface area contributed by atoms with Gasteiger partial charge in [0.05, 0.1) is 19.4 Å². The van der Waals surface area contributed by atoms with Crippen molar-refractivity contribution in [3.05, 3.63) is 106 Å². The van der Waals surface area contributed by atoms with Crippen LogP contribution in [0, 0.1) is 0 Å². The first kappa shape index (κ1) is 23.0. The fourth-order valence-corrected chi connectivity index (χ4v) is 4.30. The smallest absolute Gasteiger partial charge is 0.306 e. The first-order chi connectivity index (χ1) is 17.5. The molecule has 0 radical (unpaired) electrons. The van der Waals surface area contributed by atoms with E-state index in [9.17, 15) is 19.8 Å². The summed E-state index contributed by atoms with van der Waals surface area (Å²) in [5, 5.41) is 21.4. The molecular weight excluding hydrogens is 460 g/mol. The van der Waals surface area contributed by atoms with Crippen LogP contribution in [0.25, 0.3) is 33.6 Å². The quantitative estimate of drug-likeness (QED) is 0.293. The van der Waals surface area contributed by atoms with Crippen molar-refractivity contribution in [3.63, 3.8) is 0 Å². The van der Waals surface area contributed by atoms with Crippen LogP contribution in [0.4, 0.5) is 0 Å². The normalized spacial score (nSPS) is 11.9. The highest BCUT2D eigenvalue weighted by atomic mass is 16.5. The number of phenols is 2. The van der Waals surface area contributed by atoms with Crippen molar-refractivity contribution < 1.29 is 28.6 Å². The number of esters is 1. The third kappa shape index (κ3) is 4.22. The van der Waals surface area contributed by atoms with Crippen LogP contribution in [0.1, 0.15) is 23.7 Å². The summed E-state index contributed by atoms with van der Waals surface area (Å²) in [6, 6.07) is 24.2. The highest BCUT2D eigenvalue weighted by molar-refractivity contribution is 5.90. The third-order valence-electron chi connectivity index (χ3n) is 6.03. The molecule has 2 N–H and O–H groups in total. The summed E-state index contributed by atoms with van der Waals surface area (Å²) in [6.07, 6.45) is -0.203. The Labute approximate surface area is 205 Å². The molecule has 3 aromatic carbocycles. The molecular formula is C29H22O7. The topological polar surface area (TPSA) is 110 Å². The summed E-state index contributed by atoms with van der Waals surface area (Å²) < 4.78 is 17.1. The van der Waals surface area contributed by atoms with Gasteiger partial charge in [-0.05, 0) is 12.1 Å². The van der Waals surface area contributed by atoms with E-state index in [2.05, 4.69) is 0 Å². The number of methoxy groups -OCH3 is 1. The van der Waals surface area contributed by atoms with Crippen LogP contribution >= 0.6 is 0 Å². The van der Waals surface area contributed by atoms with Crippen molar-refractivity contribution in [3.8, 4) is 34.1 Å². The first-order valence-electron chi connectivity index (χ1n) is 11.3. The summed E-state index contributed by atoms with van der Waals surface area (Å²) >= 11 is 0. The molecule has 0 saturated carbocycles. The molecule has 1 atom stereocenters. The average molecular weight is 482 g/mol. The van der Waals surface area contributed by atoms with Gasteiger partial charge in [-0.2, -0.15) is 0 Å². The number of rotatable bonds is 6. The van der Waals surface area contributed by atoms with Crippen LogP contribution in [0.5, 0.6) is 11.5 Å². The summed E-state index contributed by atoms with van der Waals surface area (Å²) in [5.41, 5.74) is 1.08. The largest absolute Gasteiger partial charge is 0.507 e. The Kier molecular flexibility index (Phi) is 6.04. The van der Waals surface area contributed by atoms with Crippen LogP contribution in [0.15, 0.2) is 98.6 Å². The Balaban J connectivity index is 1.75. The van der Waals surface area contributed by atoms with Gasteiger partial charge in [0.15, 0.2) is 5.43 Å². The first-order valence-corrected chi connectivity index (χ1v) is 11.3. The SMILES string of the molecule is COC(=O)C[C@H](c1ccc(-c2ccccc2)o1)c1c(O)cc(O)c2c(=O)cc(-c3ccccc3)oc12. The van der Waals surface area contributed by atoms with Gasteiger partial charge in [-0.25, -0.2) is 0 Å². The Morgan fingerprint density at radius 2 is 1.47 bits per heavy atom. The zero-order valence-electron chi connectivity index (χ0n) is 19.3. The van der Waals surface area contributed by atoms with E-state index in [1.807, 2.05) is 36.4 Å². The van der Waals surface area contributed by atoms with Gasteiger partial charge < -0.3 is 23.8 Å². The Morgan fingerprint density at radius 3 is 2.11 bits per heavy atom. The molecule has 7 heteroatoms. The third-order valence-corrected chi connectivity index (χ3v) is 6.03. The van der Waals surface area contributed by atoms with Gasteiger partial charge in [-0.15, -0.1) is 0 Å². The molecule has 36 heavy (non-hydrogen) atoms. The minimum atomic E-state index is -0.868. The standard InChI is InChI=1S/C29H22O7/c1-34-26(33)14-19(24-13-12-23(35-24)17-8-4-2-5-9-17)27-20(30)15-21(31)28-22(32)16-25(36-29(27)28)18-10-6-3-7-11-18/h2-13,15-16,19,30-31H,14H2,1H3/t19-/m1/s1. The van der Waals surface area contributed by atoms with Gasteiger partial charge >= 0.3 is 5.97 Å². The van der Waals surface area contributed by atoms with E-state index in [1.54, 1.807) is 36.4 Å². The zero-order valence-corrected chi connectivity index (χ0v) is 19.3. The number of ether oxygens (including phenoxy) is 1. The van der Waals surface area contributed by atoms with Crippen molar-refractivity contribution in [2.24, 2.45) is 0 Å². The molecule has 2 aromatic heterocycles. The van der Waals surface area contributed by atoms with E-state index in [0.717, 1.165) is 11.6 Å². The maximum Gasteiger partial charge on any atom is 0.306 e. The molecule has 0 spiro atoms. The lowest BCUT2D eigenvalue weighted by Crippen LogP contribution is -2.12. The molecule has 0 aliphatic carbocycles. The van der Waals surface area contributed by atoms with Gasteiger partial charge in [0, 0.05) is 28.8 Å². The molecule has 180 valence electrons. The molecule has 2 heterocycles. The lowest BCUT2D eigenvalue weighted by Gasteiger charge is -2.18. The van der Waals surface area contributed by atoms with Gasteiger partial charge in [-0.1, -0.05) is 60.7 Å². The molecule has 0 saturated heterocycles. The van der Waals surface area contributed by atoms with Crippen LogP contribution in [0.2, 0.25) is 0 Å². The van der Waals surface area contributed by atoms with Crippen molar-refractivity contribution >= 4 is 16.9 Å². The average Bonchev–Trinajstić information content (AvgIpc) is 3.38. The highest BCUT2D eigenvalue weighted by Crippen LogP contribution is 2.44. The number of carbonyl (C=O) groups is 1. The van der Waals surface area contributed by atoms with Crippen LogP contribution < -0.4 is 5.43 Å². The maximum absolute atomic E-state index is 13.1. The minimum absolute atomic E-state index is 0.0367. The predicted octanol–water partition coefficient (Wildman–Crippen LogP) is 5.83. The van der Waals surface area contributed by atoms with Crippen molar-refractivity contribution in [2.75, 3.05) is 7.11 Å². The second kappa shape index (κ2) is 9.46.